The smallest absolute Gasteiger partial charge is 0.399 e. The van der Waals surface area contributed by atoms with Gasteiger partial charge in [0.15, 0.2) is 0 Å². The number of nitrogens with zero attached hydrogens (tertiary/aromatic N) is 1. The molecule has 2 aromatic carbocycles. The van der Waals surface area contributed by atoms with Crippen molar-refractivity contribution in [3.63, 3.8) is 0 Å². The van der Waals surface area contributed by atoms with Crippen LogP contribution in [0.15, 0.2) is 42.5 Å². The van der Waals surface area contributed by atoms with Crippen LogP contribution >= 0.6 is 0 Å². The molecule has 0 aliphatic carbocycles. The van der Waals surface area contributed by atoms with E-state index in [1.807, 2.05) is 0 Å². The second-order valence-corrected chi connectivity index (χ2v) is 4.12. The van der Waals surface area contributed by atoms with Crippen molar-refractivity contribution >= 4 is 17.1 Å². The van der Waals surface area contributed by atoms with Crippen LogP contribution in [0.4, 0.5) is 30.2 Å². The topological polar surface area (TPSA) is 61.8 Å². The maximum Gasteiger partial charge on any atom is 0.416 e. The summed E-state index contributed by atoms with van der Waals surface area (Å²) in [6.07, 6.45) is -4.47. The predicted octanol–water partition coefficient (Wildman–Crippen LogP) is 3.90. The molecule has 0 saturated carbocycles. The van der Waals surface area contributed by atoms with E-state index in [0.717, 1.165) is 12.1 Å². The molecule has 0 spiro atoms. The molecule has 2 aromatic rings. The van der Waals surface area contributed by atoms with Crippen LogP contribution in [-0.4, -0.2) is 0 Å². The Labute approximate surface area is 113 Å². The molecule has 20 heavy (non-hydrogen) atoms. The van der Waals surface area contributed by atoms with Gasteiger partial charge in [-0.25, -0.2) is 0 Å². The monoisotopic (exact) mass is 277 g/mol. The first-order chi connectivity index (χ1) is 9.40. The third kappa shape index (κ3) is 3.01. The van der Waals surface area contributed by atoms with Crippen LogP contribution < -0.4 is 11.1 Å². The average Bonchev–Trinajstić information content (AvgIpc) is 2.38. The summed E-state index contributed by atoms with van der Waals surface area (Å²) in [6, 6.07) is 11.4. The Morgan fingerprint density at radius 3 is 2.45 bits per heavy atom. The van der Waals surface area contributed by atoms with Gasteiger partial charge >= 0.3 is 6.18 Å². The number of nitrogen functional groups attached to an aromatic ring is 1. The Morgan fingerprint density at radius 2 is 1.85 bits per heavy atom. The maximum atomic E-state index is 12.6. The molecule has 0 aromatic heterocycles. The average molecular weight is 277 g/mol. The van der Waals surface area contributed by atoms with Crippen molar-refractivity contribution in [3.05, 3.63) is 53.6 Å². The van der Waals surface area contributed by atoms with Crippen LogP contribution in [0.1, 0.15) is 11.1 Å². The fourth-order valence-electron chi connectivity index (χ4n) is 1.69. The van der Waals surface area contributed by atoms with Crippen molar-refractivity contribution in [2.45, 2.75) is 6.18 Å². The molecule has 0 amide bonds. The highest BCUT2D eigenvalue weighted by Gasteiger charge is 2.31. The van der Waals surface area contributed by atoms with Gasteiger partial charge in [0.2, 0.25) is 0 Å². The lowest BCUT2D eigenvalue weighted by atomic mass is 10.1. The quantitative estimate of drug-likeness (QED) is 0.818. The van der Waals surface area contributed by atoms with Gasteiger partial charge in [-0.3, -0.25) is 0 Å². The van der Waals surface area contributed by atoms with Crippen molar-refractivity contribution in [2.75, 3.05) is 11.1 Å². The van der Waals surface area contributed by atoms with Gasteiger partial charge in [-0.2, -0.15) is 18.4 Å². The Hall–Kier alpha value is -2.68. The normalized spacial score (nSPS) is 10.9. The SMILES string of the molecule is N#Cc1cc(C(F)(F)F)ccc1Nc1cccc(N)c1. The van der Waals surface area contributed by atoms with Gasteiger partial charge in [0.1, 0.15) is 6.07 Å². The van der Waals surface area contributed by atoms with Crippen molar-refractivity contribution in [3.8, 4) is 6.07 Å². The zero-order valence-corrected chi connectivity index (χ0v) is 10.2. The summed E-state index contributed by atoms with van der Waals surface area (Å²) in [5.74, 6) is 0. The van der Waals surface area contributed by atoms with Crippen molar-refractivity contribution in [1.82, 2.24) is 0 Å². The summed E-state index contributed by atoms with van der Waals surface area (Å²) >= 11 is 0. The molecule has 0 saturated heterocycles. The molecule has 3 nitrogen and oxygen atoms in total. The fraction of sp³-hybridized carbons (Fsp3) is 0.0714. The lowest BCUT2D eigenvalue weighted by Crippen LogP contribution is -2.06. The second kappa shape index (κ2) is 5.13. The molecule has 0 fully saturated rings. The highest BCUT2D eigenvalue weighted by molar-refractivity contribution is 5.69. The Morgan fingerprint density at radius 1 is 1.10 bits per heavy atom. The number of benzene rings is 2. The Balaban J connectivity index is 2.36. The molecule has 0 bridgehead atoms. The van der Waals surface area contributed by atoms with Crippen LogP contribution in [0.2, 0.25) is 0 Å². The number of nitriles is 1. The first-order valence-corrected chi connectivity index (χ1v) is 5.64. The number of halogens is 3. The number of alkyl halides is 3. The molecule has 6 heteroatoms. The van der Waals surface area contributed by atoms with Crippen molar-refractivity contribution < 1.29 is 13.2 Å². The van der Waals surface area contributed by atoms with E-state index < -0.39 is 11.7 Å². The van der Waals surface area contributed by atoms with Crippen LogP contribution in [-0.2, 0) is 6.18 Å². The first kappa shape index (κ1) is 13.7. The lowest BCUT2D eigenvalue weighted by Gasteiger charge is -2.12. The van der Waals surface area contributed by atoms with Crippen LogP contribution in [0.25, 0.3) is 0 Å². The van der Waals surface area contributed by atoms with Crippen molar-refractivity contribution in [2.24, 2.45) is 0 Å². The molecule has 0 atom stereocenters. The second-order valence-electron chi connectivity index (χ2n) is 4.12. The molecule has 3 N–H and O–H groups in total. The molecular formula is C14H10F3N3. The maximum absolute atomic E-state index is 12.6. The summed E-state index contributed by atoms with van der Waals surface area (Å²) in [4.78, 5) is 0. The molecule has 0 radical (unpaired) electrons. The van der Waals surface area contributed by atoms with Gasteiger partial charge in [-0.05, 0) is 36.4 Å². The van der Waals surface area contributed by atoms with Gasteiger partial charge in [-0.15, -0.1) is 0 Å². The van der Waals surface area contributed by atoms with Gasteiger partial charge in [0.25, 0.3) is 0 Å². The van der Waals surface area contributed by atoms with E-state index in [9.17, 15) is 13.2 Å². The van der Waals surface area contributed by atoms with Gasteiger partial charge in [0, 0.05) is 11.4 Å². The summed E-state index contributed by atoms with van der Waals surface area (Å²) in [7, 11) is 0. The van der Waals surface area contributed by atoms with E-state index in [0.29, 0.717) is 17.1 Å². The molecule has 2 rings (SSSR count). The third-order valence-corrected chi connectivity index (χ3v) is 2.63. The van der Waals surface area contributed by atoms with E-state index in [4.69, 9.17) is 11.0 Å². The van der Waals surface area contributed by atoms with E-state index in [1.54, 1.807) is 30.3 Å². The molecular weight excluding hydrogens is 267 g/mol. The van der Waals surface area contributed by atoms with E-state index in [1.165, 1.54) is 6.07 Å². The number of nitrogens with two attached hydrogens (primary N) is 1. The number of hydrogen-bond donors (Lipinski definition) is 2. The first-order valence-electron chi connectivity index (χ1n) is 5.64. The number of rotatable bonds is 2. The summed E-state index contributed by atoms with van der Waals surface area (Å²) < 4.78 is 37.7. The third-order valence-electron chi connectivity index (χ3n) is 2.63. The fourth-order valence-corrected chi connectivity index (χ4v) is 1.69. The highest BCUT2D eigenvalue weighted by atomic mass is 19.4. The molecule has 102 valence electrons. The molecule has 0 aliphatic rings. The largest absolute Gasteiger partial charge is 0.416 e. The van der Waals surface area contributed by atoms with Crippen LogP contribution in [0.5, 0.6) is 0 Å². The lowest BCUT2D eigenvalue weighted by molar-refractivity contribution is -0.137. The summed E-state index contributed by atoms with van der Waals surface area (Å²) in [5.41, 5.74) is 6.08. The van der Waals surface area contributed by atoms with Crippen molar-refractivity contribution in [1.29, 1.82) is 5.26 Å². The number of anilines is 3. The highest BCUT2D eigenvalue weighted by Crippen LogP contribution is 2.32. The van der Waals surface area contributed by atoms with Gasteiger partial charge in [-0.1, -0.05) is 6.07 Å². The molecule has 0 unspecified atom stereocenters. The van der Waals surface area contributed by atoms with E-state index in [2.05, 4.69) is 5.32 Å². The number of hydrogen-bond acceptors (Lipinski definition) is 3. The summed E-state index contributed by atoms with van der Waals surface area (Å²) in [5, 5.41) is 11.8. The zero-order chi connectivity index (χ0) is 14.8. The molecule has 0 aliphatic heterocycles. The van der Waals surface area contributed by atoms with Crippen LogP contribution in [0.3, 0.4) is 0 Å². The minimum absolute atomic E-state index is 0.0813. The number of nitrogens with one attached hydrogen (secondary N) is 1. The van der Waals surface area contributed by atoms with E-state index in [-0.39, 0.29) is 5.56 Å². The van der Waals surface area contributed by atoms with E-state index >= 15 is 0 Å². The Bertz CT molecular complexity index is 672. The zero-order valence-electron chi connectivity index (χ0n) is 10.2. The van der Waals surface area contributed by atoms with Gasteiger partial charge < -0.3 is 11.1 Å². The molecule has 0 heterocycles. The minimum Gasteiger partial charge on any atom is -0.399 e. The Kier molecular flexibility index (Phi) is 3.53. The minimum atomic E-state index is -4.47. The van der Waals surface area contributed by atoms with Crippen LogP contribution in [0, 0.1) is 11.3 Å². The van der Waals surface area contributed by atoms with Gasteiger partial charge in [0.05, 0.1) is 16.8 Å². The predicted molar refractivity (Wildman–Crippen MR) is 70.3 cm³/mol. The summed E-state index contributed by atoms with van der Waals surface area (Å²) in [6.45, 7) is 0. The standard InChI is InChI=1S/C14H10F3N3/c15-14(16,17)10-4-5-13(9(6-10)8-18)20-12-3-1-2-11(19)7-12/h1-7,20H,19H2.